The summed E-state index contributed by atoms with van der Waals surface area (Å²) in [5, 5.41) is 13.6. The van der Waals surface area contributed by atoms with Crippen molar-refractivity contribution in [2.75, 3.05) is 11.9 Å². The lowest BCUT2D eigenvalue weighted by molar-refractivity contribution is -0.281. The molecule has 31 heavy (non-hydrogen) atoms. The van der Waals surface area contributed by atoms with Crippen molar-refractivity contribution in [1.82, 2.24) is 0 Å². The molecule has 5 rings (SSSR count). The number of carbonyl (C=O) groups is 1. The number of aliphatic hydroxyl groups is 1. The fraction of sp³-hybridized carbons (Fsp3) is 0.435. The predicted octanol–water partition coefficient (Wildman–Crippen LogP) is 4.50. The van der Waals surface area contributed by atoms with Gasteiger partial charge in [0.2, 0.25) is 0 Å². The molecule has 1 saturated heterocycles. The summed E-state index contributed by atoms with van der Waals surface area (Å²) < 4.78 is 52.2. The van der Waals surface area contributed by atoms with E-state index in [9.17, 15) is 23.1 Å². The second-order valence-electron chi connectivity index (χ2n) is 8.42. The van der Waals surface area contributed by atoms with E-state index in [1.807, 2.05) is 0 Å². The Morgan fingerprint density at radius 3 is 2.68 bits per heavy atom. The van der Waals surface area contributed by atoms with Gasteiger partial charge in [0.05, 0.1) is 24.0 Å². The highest BCUT2D eigenvalue weighted by molar-refractivity contribution is 6.04. The summed E-state index contributed by atoms with van der Waals surface area (Å²) in [5.41, 5.74) is -0.0704. The SMILES string of the molecule is O=C1Nc2ccc(C(O)c3ccccc3C(F)(F)F)cc2[C@]12OCCC(CC1CC1)O2. The largest absolute Gasteiger partial charge is 0.416 e. The molecule has 2 aromatic rings. The van der Waals surface area contributed by atoms with Gasteiger partial charge in [-0.25, -0.2) is 0 Å². The molecule has 2 unspecified atom stereocenters. The third-order valence-corrected chi connectivity index (χ3v) is 6.19. The van der Waals surface area contributed by atoms with Crippen molar-refractivity contribution in [3.8, 4) is 0 Å². The van der Waals surface area contributed by atoms with Crippen LogP contribution in [0.1, 0.15) is 54.0 Å². The van der Waals surface area contributed by atoms with Gasteiger partial charge in [0.15, 0.2) is 0 Å². The van der Waals surface area contributed by atoms with Crippen LogP contribution in [0.25, 0.3) is 0 Å². The lowest BCUT2D eigenvalue weighted by Gasteiger charge is -2.37. The number of nitrogens with one attached hydrogen (secondary N) is 1. The third kappa shape index (κ3) is 3.62. The Labute approximate surface area is 177 Å². The van der Waals surface area contributed by atoms with Gasteiger partial charge >= 0.3 is 6.18 Å². The van der Waals surface area contributed by atoms with Crippen molar-refractivity contribution < 1.29 is 32.5 Å². The molecule has 5 nitrogen and oxygen atoms in total. The quantitative estimate of drug-likeness (QED) is 0.745. The Morgan fingerprint density at radius 2 is 1.94 bits per heavy atom. The van der Waals surface area contributed by atoms with Crippen LogP contribution < -0.4 is 5.32 Å². The maximum Gasteiger partial charge on any atom is 0.416 e. The van der Waals surface area contributed by atoms with Gasteiger partial charge in [-0.3, -0.25) is 4.79 Å². The summed E-state index contributed by atoms with van der Waals surface area (Å²) in [6, 6.07) is 9.49. The van der Waals surface area contributed by atoms with E-state index in [0.29, 0.717) is 30.2 Å². The maximum absolute atomic E-state index is 13.4. The number of hydrogen-bond donors (Lipinski definition) is 2. The molecular formula is C23H22F3NO4. The highest BCUT2D eigenvalue weighted by Crippen LogP contribution is 2.47. The first kappa shape index (κ1) is 20.5. The van der Waals surface area contributed by atoms with Crippen LogP contribution in [0.4, 0.5) is 18.9 Å². The molecule has 2 aliphatic heterocycles. The van der Waals surface area contributed by atoms with E-state index < -0.39 is 29.5 Å². The smallest absolute Gasteiger partial charge is 0.384 e. The molecule has 2 N–H and O–H groups in total. The van der Waals surface area contributed by atoms with Crippen molar-refractivity contribution in [1.29, 1.82) is 0 Å². The van der Waals surface area contributed by atoms with Gasteiger partial charge in [0.1, 0.15) is 6.10 Å². The number of amides is 1. The number of halogens is 3. The highest BCUT2D eigenvalue weighted by Gasteiger charge is 2.53. The number of fused-ring (bicyclic) bond motifs is 2. The summed E-state index contributed by atoms with van der Waals surface area (Å²) in [6.45, 7) is 0.341. The monoisotopic (exact) mass is 433 g/mol. The number of hydrogen-bond acceptors (Lipinski definition) is 4. The van der Waals surface area contributed by atoms with E-state index >= 15 is 0 Å². The van der Waals surface area contributed by atoms with Crippen LogP contribution in [0, 0.1) is 5.92 Å². The summed E-state index contributed by atoms with van der Waals surface area (Å²) >= 11 is 0. The van der Waals surface area contributed by atoms with Gasteiger partial charge in [-0.2, -0.15) is 13.2 Å². The zero-order valence-corrected chi connectivity index (χ0v) is 16.6. The molecule has 0 aromatic heterocycles. The normalized spacial score (nSPS) is 26.6. The standard InChI is InChI=1S/C23H22F3NO4/c24-23(25,26)17-4-2-1-3-16(17)20(28)14-7-8-19-18(12-14)22(21(29)27-19)30-10-9-15(31-22)11-13-5-6-13/h1-4,7-8,12-13,15,20,28H,5-6,9-11H2,(H,27,29)/t15?,20?,22-/m1/s1. The summed E-state index contributed by atoms with van der Waals surface area (Å²) in [7, 11) is 0. The molecule has 1 aliphatic carbocycles. The van der Waals surface area contributed by atoms with Crippen LogP contribution in [-0.4, -0.2) is 23.7 Å². The average Bonchev–Trinajstić information content (AvgIpc) is 3.52. The lowest BCUT2D eigenvalue weighted by Crippen LogP contribution is -2.47. The fourth-order valence-corrected chi connectivity index (χ4v) is 4.43. The van der Waals surface area contributed by atoms with Crippen LogP contribution in [-0.2, 0) is 26.2 Å². The van der Waals surface area contributed by atoms with Crippen LogP contribution >= 0.6 is 0 Å². The van der Waals surface area contributed by atoms with E-state index in [0.717, 1.165) is 25.3 Å². The molecule has 2 aromatic carbocycles. The number of carbonyl (C=O) groups excluding carboxylic acids is 1. The Kier molecular flexibility index (Phi) is 4.84. The van der Waals surface area contributed by atoms with Crippen molar-refractivity contribution in [2.24, 2.45) is 5.92 Å². The van der Waals surface area contributed by atoms with Crippen LogP contribution in [0.2, 0.25) is 0 Å². The molecule has 0 radical (unpaired) electrons. The fourth-order valence-electron chi connectivity index (χ4n) is 4.43. The van der Waals surface area contributed by atoms with E-state index in [-0.39, 0.29) is 17.2 Å². The topological polar surface area (TPSA) is 67.8 Å². The molecule has 1 saturated carbocycles. The zero-order chi connectivity index (χ0) is 21.8. The molecule has 8 heteroatoms. The molecule has 3 atom stereocenters. The van der Waals surface area contributed by atoms with E-state index in [4.69, 9.17) is 9.47 Å². The zero-order valence-electron chi connectivity index (χ0n) is 16.6. The van der Waals surface area contributed by atoms with Crippen LogP contribution in [0.3, 0.4) is 0 Å². The molecule has 1 amide bonds. The number of benzene rings is 2. The van der Waals surface area contributed by atoms with Gasteiger partial charge in [0.25, 0.3) is 11.7 Å². The van der Waals surface area contributed by atoms with Crippen molar-refractivity contribution in [3.63, 3.8) is 0 Å². The number of aliphatic hydroxyl groups excluding tert-OH is 1. The van der Waals surface area contributed by atoms with Crippen molar-refractivity contribution >= 4 is 11.6 Å². The first-order chi connectivity index (χ1) is 14.8. The van der Waals surface area contributed by atoms with E-state index in [1.54, 1.807) is 6.07 Å². The van der Waals surface area contributed by atoms with Crippen LogP contribution in [0.15, 0.2) is 42.5 Å². The third-order valence-electron chi connectivity index (χ3n) is 6.19. The van der Waals surface area contributed by atoms with Gasteiger partial charge in [0, 0.05) is 5.56 Å². The highest BCUT2D eigenvalue weighted by atomic mass is 19.4. The minimum Gasteiger partial charge on any atom is -0.384 e. The number of ether oxygens (including phenoxy) is 2. The number of anilines is 1. The van der Waals surface area contributed by atoms with Gasteiger partial charge in [-0.1, -0.05) is 37.1 Å². The van der Waals surface area contributed by atoms with Gasteiger partial charge < -0.3 is 19.9 Å². The minimum absolute atomic E-state index is 0.127. The molecule has 0 bridgehead atoms. The first-order valence-corrected chi connectivity index (χ1v) is 10.4. The molecule has 2 heterocycles. The Hall–Kier alpha value is -2.42. The average molecular weight is 433 g/mol. The number of rotatable bonds is 4. The Morgan fingerprint density at radius 1 is 1.16 bits per heavy atom. The van der Waals surface area contributed by atoms with Crippen molar-refractivity contribution in [2.45, 2.75) is 49.9 Å². The summed E-state index contributed by atoms with van der Waals surface area (Å²) in [4.78, 5) is 12.8. The predicted molar refractivity (Wildman–Crippen MR) is 105 cm³/mol. The lowest BCUT2D eigenvalue weighted by atomic mass is 9.93. The summed E-state index contributed by atoms with van der Waals surface area (Å²) in [5.74, 6) is -1.48. The van der Waals surface area contributed by atoms with Gasteiger partial charge in [-0.05, 0) is 48.1 Å². The first-order valence-electron chi connectivity index (χ1n) is 10.4. The number of alkyl halides is 3. The second kappa shape index (κ2) is 7.32. The molecule has 1 spiro atoms. The van der Waals surface area contributed by atoms with Gasteiger partial charge in [-0.15, -0.1) is 0 Å². The second-order valence-corrected chi connectivity index (χ2v) is 8.42. The maximum atomic E-state index is 13.4. The van der Waals surface area contributed by atoms with E-state index in [2.05, 4.69) is 5.32 Å². The molecule has 2 fully saturated rings. The molecule has 164 valence electrons. The van der Waals surface area contributed by atoms with Crippen LogP contribution in [0.5, 0.6) is 0 Å². The molecule has 3 aliphatic rings. The molecular weight excluding hydrogens is 411 g/mol. The van der Waals surface area contributed by atoms with Crippen molar-refractivity contribution in [3.05, 3.63) is 64.7 Å². The summed E-state index contributed by atoms with van der Waals surface area (Å²) in [6.07, 6.45) is -2.40. The van der Waals surface area contributed by atoms with E-state index in [1.165, 1.54) is 30.3 Å². The minimum atomic E-state index is -4.60. The Bertz CT molecular complexity index is 1020. The Balaban J connectivity index is 1.50.